The fourth-order valence-corrected chi connectivity index (χ4v) is 3.04. The number of ether oxygens (including phenoxy) is 2. The van der Waals surface area contributed by atoms with E-state index in [0.717, 1.165) is 30.0 Å². The number of piperidine rings is 1. The monoisotopic (exact) mass is 305 g/mol. The van der Waals surface area contributed by atoms with Crippen molar-refractivity contribution in [2.45, 2.75) is 45.6 Å². The average molecular weight is 305 g/mol. The van der Waals surface area contributed by atoms with Crippen molar-refractivity contribution < 1.29 is 14.3 Å². The molecule has 1 amide bonds. The van der Waals surface area contributed by atoms with E-state index in [1.54, 1.807) is 14.2 Å². The van der Waals surface area contributed by atoms with Crippen LogP contribution in [0.4, 0.5) is 0 Å². The first kappa shape index (κ1) is 16.7. The second-order valence-corrected chi connectivity index (χ2v) is 5.99. The molecule has 1 aliphatic rings. The Morgan fingerprint density at radius 2 is 2.09 bits per heavy atom. The first-order chi connectivity index (χ1) is 10.7. The molecule has 0 N–H and O–H groups in total. The Hall–Kier alpha value is -1.71. The second-order valence-electron chi connectivity index (χ2n) is 5.99. The van der Waals surface area contributed by atoms with Crippen LogP contribution < -0.4 is 9.47 Å². The average Bonchev–Trinajstić information content (AvgIpc) is 2.55. The van der Waals surface area contributed by atoms with E-state index in [2.05, 4.69) is 6.92 Å². The van der Waals surface area contributed by atoms with E-state index in [1.165, 1.54) is 19.3 Å². The predicted molar refractivity (Wildman–Crippen MR) is 87.2 cm³/mol. The van der Waals surface area contributed by atoms with Gasteiger partial charge in [-0.1, -0.05) is 19.8 Å². The number of methoxy groups -OCH3 is 2. The van der Waals surface area contributed by atoms with Gasteiger partial charge in [0.05, 0.1) is 14.2 Å². The fourth-order valence-electron chi connectivity index (χ4n) is 3.04. The highest BCUT2D eigenvalue weighted by atomic mass is 16.5. The van der Waals surface area contributed by atoms with Gasteiger partial charge in [0.15, 0.2) is 0 Å². The van der Waals surface area contributed by atoms with Crippen LogP contribution in [0.25, 0.3) is 0 Å². The molecule has 1 aliphatic heterocycles. The largest absolute Gasteiger partial charge is 0.497 e. The normalized spacial score (nSPS) is 18.4. The number of carbonyl (C=O) groups excluding carboxylic acids is 1. The molecule has 4 nitrogen and oxygen atoms in total. The molecule has 1 atom stereocenters. The van der Waals surface area contributed by atoms with E-state index in [4.69, 9.17) is 9.47 Å². The molecule has 0 aliphatic carbocycles. The minimum Gasteiger partial charge on any atom is -0.497 e. The van der Waals surface area contributed by atoms with Crippen molar-refractivity contribution in [1.82, 2.24) is 4.90 Å². The summed E-state index contributed by atoms with van der Waals surface area (Å²) in [5.41, 5.74) is 1.03. The van der Waals surface area contributed by atoms with Gasteiger partial charge < -0.3 is 14.4 Å². The molecule has 0 saturated carbocycles. The minimum absolute atomic E-state index is 0.269. The van der Waals surface area contributed by atoms with Gasteiger partial charge in [0.1, 0.15) is 11.5 Å². The summed E-state index contributed by atoms with van der Waals surface area (Å²) in [6.07, 6.45) is 5.42. The molecule has 4 heteroatoms. The Kier molecular flexibility index (Phi) is 6.10. The second kappa shape index (κ2) is 8.06. The van der Waals surface area contributed by atoms with Gasteiger partial charge in [0.2, 0.25) is 5.91 Å². The highest BCUT2D eigenvalue weighted by Gasteiger charge is 2.26. The quantitative estimate of drug-likeness (QED) is 0.772. The maximum atomic E-state index is 12.4. The van der Waals surface area contributed by atoms with E-state index < -0.39 is 0 Å². The number of benzene rings is 1. The van der Waals surface area contributed by atoms with E-state index in [1.807, 2.05) is 23.1 Å². The van der Waals surface area contributed by atoms with Crippen LogP contribution in [0.2, 0.25) is 0 Å². The van der Waals surface area contributed by atoms with Crippen LogP contribution in [0.15, 0.2) is 18.2 Å². The van der Waals surface area contributed by atoms with Crippen molar-refractivity contribution in [3.63, 3.8) is 0 Å². The molecule has 0 bridgehead atoms. The smallest absolute Gasteiger partial charge is 0.223 e. The molecule has 0 spiro atoms. The van der Waals surface area contributed by atoms with Gasteiger partial charge >= 0.3 is 0 Å². The van der Waals surface area contributed by atoms with Crippen molar-refractivity contribution in [2.75, 3.05) is 20.8 Å². The lowest BCUT2D eigenvalue weighted by Gasteiger charge is -2.32. The van der Waals surface area contributed by atoms with Gasteiger partial charge in [-0.05, 0) is 30.9 Å². The van der Waals surface area contributed by atoms with Gasteiger partial charge in [-0.3, -0.25) is 4.79 Å². The number of amides is 1. The first-order valence-corrected chi connectivity index (χ1v) is 8.16. The lowest BCUT2D eigenvalue weighted by Crippen LogP contribution is -2.38. The molecule has 1 heterocycles. The molecule has 1 saturated heterocycles. The predicted octanol–water partition coefficient (Wildman–Crippen LogP) is 3.63. The van der Waals surface area contributed by atoms with E-state index >= 15 is 0 Å². The van der Waals surface area contributed by atoms with Crippen molar-refractivity contribution in [3.05, 3.63) is 23.8 Å². The highest BCUT2D eigenvalue weighted by molar-refractivity contribution is 5.77. The molecule has 2 rings (SSSR count). The van der Waals surface area contributed by atoms with E-state index in [0.29, 0.717) is 18.9 Å². The Balaban J connectivity index is 1.98. The summed E-state index contributed by atoms with van der Waals surface area (Å²) in [7, 11) is 3.29. The van der Waals surface area contributed by atoms with Crippen LogP contribution in [0.5, 0.6) is 11.5 Å². The number of hydrogen-bond acceptors (Lipinski definition) is 3. The minimum atomic E-state index is 0.269. The van der Waals surface area contributed by atoms with Crippen LogP contribution >= 0.6 is 0 Å². The van der Waals surface area contributed by atoms with E-state index in [-0.39, 0.29) is 5.91 Å². The summed E-state index contributed by atoms with van der Waals surface area (Å²) >= 11 is 0. The van der Waals surface area contributed by atoms with Gasteiger partial charge in [0.25, 0.3) is 0 Å². The molecule has 0 aromatic heterocycles. The topological polar surface area (TPSA) is 38.8 Å². The fraction of sp³-hybridized carbons (Fsp3) is 0.611. The van der Waals surface area contributed by atoms with Gasteiger partial charge in [-0.25, -0.2) is 0 Å². The van der Waals surface area contributed by atoms with Gasteiger partial charge in [-0.2, -0.15) is 0 Å². The lowest BCUT2D eigenvalue weighted by atomic mass is 9.91. The Morgan fingerprint density at radius 1 is 1.27 bits per heavy atom. The maximum absolute atomic E-state index is 12.4. The lowest BCUT2D eigenvalue weighted by molar-refractivity contribution is -0.135. The molecule has 122 valence electrons. The Labute approximate surface area is 133 Å². The third kappa shape index (κ3) is 4.15. The zero-order chi connectivity index (χ0) is 15.9. The zero-order valence-electron chi connectivity index (χ0n) is 13.9. The molecule has 1 fully saturated rings. The number of rotatable bonds is 7. The highest BCUT2D eigenvalue weighted by Crippen LogP contribution is 2.29. The van der Waals surface area contributed by atoms with Crippen molar-refractivity contribution in [1.29, 1.82) is 0 Å². The summed E-state index contributed by atoms with van der Waals surface area (Å²) in [5.74, 6) is 2.39. The summed E-state index contributed by atoms with van der Waals surface area (Å²) in [6, 6.07) is 5.76. The van der Waals surface area contributed by atoms with Crippen LogP contribution in [-0.2, 0) is 11.3 Å². The first-order valence-electron chi connectivity index (χ1n) is 8.16. The standard InChI is InChI=1S/C18H27NO3/c1-4-5-6-14-9-10-19(18(20)11-14)13-15-7-8-16(21-2)12-17(15)22-3/h7-8,12,14H,4-6,9-11,13H2,1-3H3/t14-/m1/s1. The number of hydrogen-bond donors (Lipinski definition) is 0. The third-order valence-corrected chi connectivity index (χ3v) is 4.44. The number of carbonyl (C=O) groups is 1. The number of likely N-dealkylation sites (tertiary alicyclic amines) is 1. The van der Waals surface area contributed by atoms with Gasteiger partial charge in [-0.15, -0.1) is 0 Å². The SMILES string of the molecule is CCCC[C@@H]1CCN(Cc2ccc(OC)cc2OC)C(=O)C1. The van der Waals surface area contributed by atoms with E-state index in [9.17, 15) is 4.79 Å². The summed E-state index contributed by atoms with van der Waals surface area (Å²) in [6.45, 7) is 3.67. The summed E-state index contributed by atoms with van der Waals surface area (Å²) < 4.78 is 10.6. The molecular weight excluding hydrogens is 278 g/mol. The summed E-state index contributed by atoms with van der Waals surface area (Å²) in [5, 5.41) is 0. The Morgan fingerprint density at radius 3 is 2.73 bits per heavy atom. The molecular formula is C18H27NO3. The number of unbranched alkanes of at least 4 members (excludes halogenated alkanes) is 1. The maximum Gasteiger partial charge on any atom is 0.223 e. The van der Waals surface area contributed by atoms with Crippen molar-refractivity contribution >= 4 is 5.91 Å². The molecule has 0 radical (unpaired) electrons. The van der Waals surface area contributed by atoms with Crippen LogP contribution in [0.3, 0.4) is 0 Å². The molecule has 0 unspecified atom stereocenters. The van der Waals surface area contributed by atoms with Crippen LogP contribution in [-0.4, -0.2) is 31.6 Å². The third-order valence-electron chi connectivity index (χ3n) is 4.44. The van der Waals surface area contributed by atoms with Crippen molar-refractivity contribution in [2.24, 2.45) is 5.92 Å². The molecule has 1 aromatic carbocycles. The zero-order valence-corrected chi connectivity index (χ0v) is 13.9. The van der Waals surface area contributed by atoms with Gasteiger partial charge in [0, 0.05) is 31.1 Å². The molecule has 1 aromatic rings. The summed E-state index contributed by atoms with van der Waals surface area (Å²) in [4.78, 5) is 14.3. The molecule has 22 heavy (non-hydrogen) atoms. The van der Waals surface area contributed by atoms with Crippen LogP contribution in [0, 0.1) is 5.92 Å². The Bertz CT molecular complexity index is 501. The number of nitrogens with zero attached hydrogens (tertiary/aromatic N) is 1. The van der Waals surface area contributed by atoms with Crippen LogP contribution in [0.1, 0.15) is 44.6 Å². The van der Waals surface area contributed by atoms with Crippen molar-refractivity contribution in [3.8, 4) is 11.5 Å².